The second-order valence-corrected chi connectivity index (χ2v) is 8.10. The van der Waals surface area contributed by atoms with E-state index in [9.17, 15) is 4.79 Å². The molecule has 1 aromatic carbocycles. The molecule has 0 radical (unpaired) electrons. The zero-order valence-corrected chi connectivity index (χ0v) is 16.9. The molecule has 1 saturated heterocycles. The SMILES string of the molecule is CCOC(=O)CC(B1OC(C)(C)C(C)(C)O1)c1ccc(Br)c(C)c1. The summed E-state index contributed by atoms with van der Waals surface area (Å²) in [7, 11) is -0.486. The van der Waals surface area contributed by atoms with E-state index in [4.69, 9.17) is 14.0 Å². The molecule has 0 bridgehead atoms. The summed E-state index contributed by atoms with van der Waals surface area (Å²) in [6.45, 7) is 12.3. The molecule has 1 aliphatic rings. The van der Waals surface area contributed by atoms with Crippen LogP contribution in [0.2, 0.25) is 0 Å². The molecule has 2 rings (SSSR count). The average molecular weight is 397 g/mol. The number of aryl methyl sites for hydroxylation is 1. The van der Waals surface area contributed by atoms with Crippen molar-refractivity contribution in [1.82, 2.24) is 0 Å². The number of esters is 1. The fraction of sp³-hybridized carbons (Fsp3) is 0.611. The van der Waals surface area contributed by atoms with Gasteiger partial charge in [-0.3, -0.25) is 4.79 Å². The molecule has 0 aromatic heterocycles. The third-order valence-corrected chi connectivity index (χ3v) is 5.79. The molecule has 1 fully saturated rings. The Labute approximate surface area is 153 Å². The smallest absolute Gasteiger partial charge is 0.466 e. The van der Waals surface area contributed by atoms with Crippen LogP contribution in [-0.4, -0.2) is 30.9 Å². The normalized spacial score (nSPS) is 20.0. The monoisotopic (exact) mass is 396 g/mol. The van der Waals surface area contributed by atoms with E-state index >= 15 is 0 Å². The second kappa shape index (κ2) is 7.18. The molecule has 0 spiro atoms. The van der Waals surface area contributed by atoms with Crippen molar-refractivity contribution in [3.63, 3.8) is 0 Å². The summed E-state index contributed by atoms with van der Waals surface area (Å²) in [5, 5.41) is 0. The topological polar surface area (TPSA) is 44.8 Å². The maximum atomic E-state index is 12.1. The summed E-state index contributed by atoms with van der Waals surface area (Å²) >= 11 is 3.52. The average Bonchev–Trinajstić information content (AvgIpc) is 2.68. The lowest BCUT2D eigenvalue weighted by atomic mass is 9.66. The van der Waals surface area contributed by atoms with Gasteiger partial charge >= 0.3 is 13.1 Å². The van der Waals surface area contributed by atoms with Crippen LogP contribution in [0.25, 0.3) is 0 Å². The lowest BCUT2D eigenvalue weighted by Crippen LogP contribution is -2.41. The number of benzene rings is 1. The molecular formula is C18H26BBrO4. The van der Waals surface area contributed by atoms with Gasteiger partial charge in [0, 0.05) is 10.3 Å². The van der Waals surface area contributed by atoms with E-state index in [-0.39, 0.29) is 18.2 Å². The summed E-state index contributed by atoms with van der Waals surface area (Å²) in [6.07, 6.45) is 0.228. The van der Waals surface area contributed by atoms with Gasteiger partial charge in [0.15, 0.2) is 0 Å². The minimum atomic E-state index is -0.486. The first-order chi connectivity index (χ1) is 11.1. The number of carbonyl (C=O) groups is 1. The molecular weight excluding hydrogens is 371 g/mol. The summed E-state index contributed by atoms with van der Waals surface area (Å²) < 4.78 is 18.6. The highest BCUT2D eigenvalue weighted by atomic mass is 79.9. The number of hydrogen-bond donors (Lipinski definition) is 0. The Hall–Kier alpha value is -0.845. The lowest BCUT2D eigenvalue weighted by Gasteiger charge is -2.32. The first-order valence-corrected chi connectivity index (χ1v) is 9.14. The Bertz CT molecular complexity index is 599. The molecule has 132 valence electrons. The van der Waals surface area contributed by atoms with Crippen molar-refractivity contribution in [2.75, 3.05) is 6.61 Å². The van der Waals surface area contributed by atoms with Crippen LogP contribution >= 0.6 is 15.9 Å². The number of hydrogen-bond acceptors (Lipinski definition) is 4. The second-order valence-electron chi connectivity index (χ2n) is 7.25. The Morgan fingerprint density at radius 1 is 1.25 bits per heavy atom. The van der Waals surface area contributed by atoms with Crippen LogP contribution in [0.1, 0.15) is 58.0 Å². The van der Waals surface area contributed by atoms with Gasteiger partial charge in [-0.2, -0.15) is 0 Å². The van der Waals surface area contributed by atoms with Gasteiger partial charge in [0.2, 0.25) is 0 Å². The molecule has 1 aromatic rings. The summed E-state index contributed by atoms with van der Waals surface area (Å²) in [6, 6.07) is 6.07. The zero-order valence-electron chi connectivity index (χ0n) is 15.3. The quantitative estimate of drug-likeness (QED) is 0.545. The van der Waals surface area contributed by atoms with Crippen LogP contribution in [0, 0.1) is 6.92 Å². The molecule has 4 nitrogen and oxygen atoms in total. The highest BCUT2D eigenvalue weighted by molar-refractivity contribution is 9.10. The number of carbonyl (C=O) groups excluding carboxylic acids is 1. The Kier molecular flexibility index (Phi) is 5.83. The highest BCUT2D eigenvalue weighted by Crippen LogP contribution is 2.42. The standard InChI is InChI=1S/C18H26BBrO4/c1-7-22-16(21)11-14(13-8-9-15(20)12(2)10-13)19-23-17(3,4)18(5,6)24-19/h8-10,14H,7,11H2,1-6H3. The predicted molar refractivity (Wildman–Crippen MR) is 99.0 cm³/mol. The van der Waals surface area contributed by atoms with Gasteiger partial charge in [-0.1, -0.05) is 28.1 Å². The van der Waals surface area contributed by atoms with Crippen LogP contribution in [0.15, 0.2) is 22.7 Å². The van der Waals surface area contributed by atoms with Gasteiger partial charge in [0.1, 0.15) is 0 Å². The molecule has 1 aliphatic heterocycles. The summed E-state index contributed by atoms with van der Waals surface area (Å²) in [5.41, 5.74) is 1.25. The largest absolute Gasteiger partial charge is 0.466 e. The van der Waals surface area contributed by atoms with E-state index in [2.05, 4.69) is 22.0 Å². The maximum absolute atomic E-state index is 12.1. The molecule has 6 heteroatoms. The molecule has 0 aliphatic carbocycles. The van der Waals surface area contributed by atoms with Gasteiger partial charge in [-0.15, -0.1) is 0 Å². The fourth-order valence-electron chi connectivity index (χ4n) is 2.72. The minimum Gasteiger partial charge on any atom is -0.466 e. The number of halogens is 1. The van der Waals surface area contributed by atoms with Crippen molar-refractivity contribution < 1.29 is 18.8 Å². The number of rotatable bonds is 5. The third-order valence-electron chi connectivity index (χ3n) is 4.90. The van der Waals surface area contributed by atoms with Gasteiger partial charge < -0.3 is 14.0 Å². The van der Waals surface area contributed by atoms with Gasteiger partial charge in [-0.05, 0) is 58.7 Å². The van der Waals surface area contributed by atoms with E-state index in [0.717, 1.165) is 15.6 Å². The molecule has 0 amide bonds. The Morgan fingerprint density at radius 2 is 1.83 bits per heavy atom. The van der Waals surface area contributed by atoms with Crippen LogP contribution < -0.4 is 0 Å². The minimum absolute atomic E-state index is 0.211. The van der Waals surface area contributed by atoms with Crippen molar-refractivity contribution in [2.45, 2.75) is 65.0 Å². The lowest BCUT2D eigenvalue weighted by molar-refractivity contribution is -0.143. The van der Waals surface area contributed by atoms with Gasteiger partial charge in [0.05, 0.1) is 24.2 Å². The van der Waals surface area contributed by atoms with Crippen molar-refractivity contribution in [2.24, 2.45) is 0 Å². The number of ether oxygens (including phenoxy) is 1. The predicted octanol–water partition coefficient (Wildman–Crippen LogP) is 4.43. The Morgan fingerprint density at radius 3 is 2.33 bits per heavy atom. The molecule has 1 unspecified atom stereocenters. The first kappa shape index (κ1) is 19.5. The first-order valence-electron chi connectivity index (χ1n) is 8.34. The van der Waals surface area contributed by atoms with E-state index in [1.54, 1.807) is 0 Å². The van der Waals surface area contributed by atoms with Crippen molar-refractivity contribution in [3.05, 3.63) is 33.8 Å². The molecule has 1 atom stereocenters. The van der Waals surface area contributed by atoms with Gasteiger partial charge in [0.25, 0.3) is 0 Å². The Balaban J connectivity index is 2.33. The van der Waals surface area contributed by atoms with Crippen molar-refractivity contribution in [3.8, 4) is 0 Å². The zero-order chi connectivity index (χ0) is 18.1. The van der Waals surface area contributed by atoms with Crippen LogP contribution in [0.4, 0.5) is 0 Å². The summed E-state index contributed by atoms with van der Waals surface area (Å²) in [4.78, 5) is 12.1. The van der Waals surface area contributed by atoms with Gasteiger partial charge in [-0.25, -0.2) is 0 Å². The maximum Gasteiger partial charge on any atom is 0.466 e. The highest BCUT2D eigenvalue weighted by Gasteiger charge is 2.54. The van der Waals surface area contributed by atoms with E-state index < -0.39 is 18.3 Å². The molecule has 24 heavy (non-hydrogen) atoms. The molecule has 0 saturated carbocycles. The van der Waals surface area contributed by atoms with Crippen LogP contribution in [0.5, 0.6) is 0 Å². The molecule has 0 N–H and O–H groups in total. The summed E-state index contributed by atoms with van der Waals surface area (Å²) in [5.74, 6) is -0.449. The van der Waals surface area contributed by atoms with Crippen LogP contribution in [0.3, 0.4) is 0 Å². The van der Waals surface area contributed by atoms with E-state index in [1.807, 2.05) is 53.7 Å². The van der Waals surface area contributed by atoms with Crippen LogP contribution in [-0.2, 0) is 18.8 Å². The fourth-order valence-corrected chi connectivity index (χ4v) is 2.97. The van der Waals surface area contributed by atoms with Crippen molar-refractivity contribution >= 4 is 29.0 Å². The van der Waals surface area contributed by atoms with E-state index in [0.29, 0.717) is 6.61 Å². The van der Waals surface area contributed by atoms with Crippen molar-refractivity contribution in [1.29, 1.82) is 0 Å². The van der Waals surface area contributed by atoms with E-state index in [1.165, 1.54) is 0 Å². The molecule has 1 heterocycles. The third kappa shape index (κ3) is 4.03.